The molecule has 1 heterocycles. The second-order valence-corrected chi connectivity index (χ2v) is 5.65. The van der Waals surface area contributed by atoms with Crippen molar-refractivity contribution in [3.05, 3.63) is 32.8 Å². The lowest BCUT2D eigenvalue weighted by Crippen LogP contribution is -2.38. The molecule has 1 aliphatic rings. The zero-order valence-corrected chi connectivity index (χ0v) is 13.1. The second-order valence-electron chi connectivity index (χ2n) is 5.24. The summed E-state index contributed by atoms with van der Waals surface area (Å²) in [5.74, 6) is 0. The van der Waals surface area contributed by atoms with Crippen LogP contribution in [-0.4, -0.2) is 42.0 Å². The van der Waals surface area contributed by atoms with E-state index in [9.17, 15) is 28.1 Å². The Labute approximate surface area is 139 Å². The maximum absolute atomic E-state index is 12.9. The number of halogens is 4. The Bertz CT molecular complexity index is 669. The first-order chi connectivity index (χ1) is 11.1. The van der Waals surface area contributed by atoms with Gasteiger partial charge >= 0.3 is 12.2 Å². The predicted molar refractivity (Wildman–Crippen MR) is 81.1 cm³/mol. The van der Waals surface area contributed by atoms with Gasteiger partial charge in [-0.2, -0.15) is 13.2 Å². The van der Waals surface area contributed by atoms with Gasteiger partial charge in [-0.25, -0.2) is 4.79 Å². The van der Waals surface area contributed by atoms with Crippen molar-refractivity contribution < 1.29 is 22.9 Å². The molecule has 0 bridgehead atoms. The molecule has 11 heteroatoms. The lowest BCUT2D eigenvalue weighted by molar-refractivity contribution is -0.384. The van der Waals surface area contributed by atoms with Crippen LogP contribution in [0.5, 0.6) is 0 Å². The van der Waals surface area contributed by atoms with E-state index >= 15 is 0 Å². The average molecular weight is 367 g/mol. The van der Waals surface area contributed by atoms with E-state index in [1.807, 2.05) is 0 Å². The molecule has 2 N–H and O–H groups in total. The number of hydrogen-bond donors (Lipinski definition) is 1. The summed E-state index contributed by atoms with van der Waals surface area (Å²) in [5.41, 5.74) is 3.26. The summed E-state index contributed by atoms with van der Waals surface area (Å²) in [6.45, 7) is 1.11. The molecule has 1 aliphatic heterocycles. The third-order valence-corrected chi connectivity index (χ3v) is 4.03. The molecular weight excluding hydrogens is 353 g/mol. The Morgan fingerprint density at radius 1 is 1.25 bits per heavy atom. The molecule has 0 aliphatic carbocycles. The van der Waals surface area contributed by atoms with E-state index in [2.05, 4.69) is 0 Å². The molecule has 0 saturated carbocycles. The van der Waals surface area contributed by atoms with Gasteiger partial charge in [-0.1, -0.05) is 11.6 Å². The minimum atomic E-state index is -4.79. The summed E-state index contributed by atoms with van der Waals surface area (Å²) in [6.07, 6.45) is -4.32. The lowest BCUT2D eigenvalue weighted by Gasteiger charge is -2.24. The van der Waals surface area contributed by atoms with E-state index in [0.29, 0.717) is 25.6 Å². The number of nitro benzene ring substituents is 1. The zero-order valence-electron chi connectivity index (χ0n) is 12.3. The lowest BCUT2D eigenvalue weighted by atomic mass is 10.1. The van der Waals surface area contributed by atoms with Gasteiger partial charge in [-0.3, -0.25) is 10.1 Å². The van der Waals surface area contributed by atoms with Crippen LogP contribution in [0, 0.1) is 10.1 Å². The average Bonchev–Trinajstić information content (AvgIpc) is 2.71. The number of nitrogens with two attached hydrogens (primary N) is 1. The Morgan fingerprint density at radius 2 is 1.92 bits per heavy atom. The van der Waals surface area contributed by atoms with Crippen LogP contribution in [0.4, 0.5) is 29.3 Å². The number of rotatable bonds is 2. The van der Waals surface area contributed by atoms with Crippen LogP contribution in [0.15, 0.2) is 12.1 Å². The molecule has 0 atom stereocenters. The van der Waals surface area contributed by atoms with Gasteiger partial charge in [0.05, 0.1) is 15.5 Å². The highest BCUT2D eigenvalue weighted by atomic mass is 35.5. The van der Waals surface area contributed by atoms with E-state index in [4.69, 9.17) is 17.3 Å². The molecule has 0 unspecified atom stereocenters. The number of anilines is 1. The molecule has 1 fully saturated rings. The van der Waals surface area contributed by atoms with Gasteiger partial charge in [0.15, 0.2) is 0 Å². The zero-order chi connectivity index (χ0) is 18.1. The second kappa shape index (κ2) is 6.71. The van der Waals surface area contributed by atoms with Gasteiger partial charge in [0.1, 0.15) is 5.69 Å². The molecule has 2 amide bonds. The Morgan fingerprint density at radius 3 is 2.46 bits per heavy atom. The van der Waals surface area contributed by atoms with Crippen LogP contribution >= 0.6 is 11.6 Å². The highest BCUT2D eigenvalue weighted by Gasteiger charge is 2.37. The van der Waals surface area contributed by atoms with E-state index in [0.717, 1.165) is 6.07 Å². The third-order valence-electron chi connectivity index (χ3n) is 3.71. The Hall–Kier alpha value is -2.23. The van der Waals surface area contributed by atoms with E-state index in [-0.39, 0.29) is 18.8 Å². The molecular formula is C13H14ClF3N4O3. The fourth-order valence-corrected chi connectivity index (χ4v) is 2.81. The maximum atomic E-state index is 12.9. The molecule has 24 heavy (non-hydrogen) atoms. The first-order valence-corrected chi connectivity index (χ1v) is 7.33. The Balaban J connectivity index is 2.41. The summed E-state index contributed by atoms with van der Waals surface area (Å²) in [4.78, 5) is 24.4. The molecule has 2 rings (SSSR count). The number of nitrogens with zero attached hydrogens (tertiary/aromatic N) is 3. The van der Waals surface area contributed by atoms with Gasteiger partial charge in [-0.15, -0.1) is 0 Å². The van der Waals surface area contributed by atoms with E-state index in [1.54, 1.807) is 0 Å². The number of alkyl halides is 3. The maximum Gasteiger partial charge on any atom is 0.418 e. The number of carbonyl (C=O) groups is 1. The minimum Gasteiger partial charge on any atom is -0.364 e. The molecule has 7 nitrogen and oxygen atoms in total. The van der Waals surface area contributed by atoms with Crippen LogP contribution in [0.3, 0.4) is 0 Å². The highest BCUT2D eigenvalue weighted by Crippen LogP contribution is 2.41. The quantitative estimate of drug-likeness (QED) is 0.643. The van der Waals surface area contributed by atoms with Crippen LogP contribution in [0.2, 0.25) is 5.02 Å². The fraction of sp³-hybridized carbons (Fsp3) is 0.462. The molecule has 1 aromatic rings. The summed E-state index contributed by atoms with van der Waals surface area (Å²) < 4.78 is 38.7. The van der Waals surface area contributed by atoms with Crippen molar-refractivity contribution in [2.24, 2.45) is 5.73 Å². The number of hydrogen-bond acceptors (Lipinski definition) is 4. The fourth-order valence-electron chi connectivity index (χ4n) is 2.55. The minimum absolute atomic E-state index is 0.00989. The van der Waals surface area contributed by atoms with Gasteiger partial charge < -0.3 is 15.5 Å². The molecule has 0 spiro atoms. The highest BCUT2D eigenvalue weighted by molar-refractivity contribution is 6.31. The van der Waals surface area contributed by atoms with E-state index < -0.39 is 33.4 Å². The summed E-state index contributed by atoms with van der Waals surface area (Å²) >= 11 is 5.68. The summed E-state index contributed by atoms with van der Waals surface area (Å²) in [7, 11) is 0. The van der Waals surface area contributed by atoms with Crippen LogP contribution in [0.25, 0.3) is 0 Å². The smallest absolute Gasteiger partial charge is 0.364 e. The molecule has 0 radical (unpaired) electrons. The van der Waals surface area contributed by atoms with Crippen molar-refractivity contribution >= 4 is 29.0 Å². The van der Waals surface area contributed by atoms with Crippen molar-refractivity contribution in [1.82, 2.24) is 4.90 Å². The number of amides is 2. The standard InChI is InChI=1S/C13H14ClF3N4O3/c14-9-7-10(11(21(23)24)6-8(9)13(15,16)17)19-2-1-3-20(5-4-19)12(18)22/h6-7H,1-5H2,(H2,18,22). The number of urea groups is 1. The van der Waals surface area contributed by atoms with Crippen LogP contribution < -0.4 is 10.6 Å². The third kappa shape index (κ3) is 3.81. The first-order valence-electron chi connectivity index (χ1n) is 6.95. The molecule has 0 aromatic heterocycles. The molecule has 1 aromatic carbocycles. The van der Waals surface area contributed by atoms with E-state index in [1.165, 1.54) is 9.80 Å². The first kappa shape index (κ1) is 18.1. The number of benzene rings is 1. The topological polar surface area (TPSA) is 92.7 Å². The molecule has 1 saturated heterocycles. The number of primary amides is 1. The SMILES string of the molecule is NC(=O)N1CCCN(c2cc(Cl)c(C(F)(F)F)cc2[N+](=O)[O-])CC1. The van der Waals surface area contributed by atoms with Crippen LogP contribution in [0.1, 0.15) is 12.0 Å². The van der Waals surface area contributed by atoms with Crippen molar-refractivity contribution in [1.29, 1.82) is 0 Å². The van der Waals surface area contributed by atoms with Gasteiger partial charge in [0.2, 0.25) is 0 Å². The van der Waals surface area contributed by atoms with Gasteiger partial charge in [0, 0.05) is 32.2 Å². The van der Waals surface area contributed by atoms with Crippen molar-refractivity contribution in [3.8, 4) is 0 Å². The summed E-state index contributed by atoms with van der Waals surface area (Å²) in [5, 5.41) is 10.6. The Kier molecular flexibility index (Phi) is 5.07. The monoisotopic (exact) mass is 366 g/mol. The predicted octanol–water partition coefficient (Wildman–Crippen LogP) is 2.86. The van der Waals surface area contributed by atoms with Crippen molar-refractivity contribution in [3.63, 3.8) is 0 Å². The number of carbonyl (C=O) groups excluding carboxylic acids is 1. The van der Waals surface area contributed by atoms with Crippen molar-refractivity contribution in [2.75, 3.05) is 31.1 Å². The van der Waals surface area contributed by atoms with Crippen LogP contribution in [-0.2, 0) is 6.18 Å². The number of nitro groups is 1. The summed E-state index contributed by atoms with van der Waals surface area (Å²) in [6, 6.07) is 0.772. The van der Waals surface area contributed by atoms with Crippen molar-refractivity contribution in [2.45, 2.75) is 12.6 Å². The normalized spacial score (nSPS) is 16.0. The largest absolute Gasteiger partial charge is 0.418 e. The van der Waals surface area contributed by atoms with Gasteiger partial charge in [0.25, 0.3) is 5.69 Å². The molecule has 132 valence electrons. The van der Waals surface area contributed by atoms with Gasteiger partial charge in [-0.05, 0) is 12.5 Å².